The molecule has 2 aliphatic rings. The van der Waals surface area contributed by atoms with Crippen molar-refractivity contribution in [2.45, 2.75) is 25.8 Å². The predicted octanol–water partition coefficient (Wildman–Crippen LogP) is 6.26. The summed E-state index contributed by atoms with van der Waals surface area (Å²) in [4.78, 5) is 19.9. The molecule has 0 bridgehead atoms. The van der Waals surface area contributed by atoms with Gasteiger partial charge >= 0.3 is 0 Å². The molecule has 0 saturated heterocycles. The number of ether oxygens (including phenoxy) is 3. The Labute approximate surface area is 252 Å². The summed E-state index contributed by atoms with van der Waals surface area (Å²) in [6.07, 6.45) is 3.63. The monoisotopic (exact) mass is 680 g/mol. The summed E-state index contributed by atoms with van der Waals surface area (Å²) in [7, 11) is 3.25. The molecule has 3 aromatic carbocycles. The first-order valence-electron chi connectivity index (χ1n) is 12.9. The van der Waals surface area contributed by atoms with Gasteiger partial charge in [0.1, 0.15) is 5.75 Å². The van der Waals surface area contributed by atoms with E-state index >= 15 is 0 Å². The average molecular weight is 682 g/mol. The predicted molar refractivity (Wildman–Crippen MR) is 165 cm³/mol. The standard InChI is InChI=1S/C31H26Br2N2O4S/c1-4-39-29-22(32)13-17(14-23(29)33)15-26-30(36)35-28(19-10-12-24(37-2)25(16-19)38-3)21-11-9-18-7-5-6-8-20(18)27(21)34-31(35)40-26/h5-8,10,12-16,28H,4,9,11H2,1-3H3/b26-15-/t28-/m0/s1. The molecular weight excluding hydrogens is 656 g/mol. The van der Waals surface area contributed by atoms with Crippen molar-refractivity contribution in [1.29, 1.82) is 0 Å². The van der Waals surface area contributed by atoms with Gasteiger partial charge in [-0.2, -0.15) is 0 Å². The fourth-order valence-electron chi connectivity index (χ4n) is 5.44. The van der Waals surface area contributed by atoms with Crippen LogP contribution in [0.3, 0.4) is 0 Å². The number of allylic oxidation sites excluding steroid dienone is 1. The van der Waals surface area contributed by atoms with Crippen LogP contribution < -0.4 is 29.1 Å². The van der Waals surface area contributed by atoms with Crippen molar-refractivity contribution in [2.24, 2.45) is 4.99 Å². The minimum atomic E-state index is -0.305. The van der Waals surface area contributed by atoms with Crippen LogP contribution in [0.5, 0.6) is 17.2 Å². The number of fused-ring (bicyclic) bond motifs is 3. The highest BCUT2D eigenvalue weighted by molar-refractivity contribution is 9.11. The molecule has 0 spiro atoms. The zero-order valence-corrected chi connectivity index (χ0v) is 26.2. The molecular formula is C31H26Br2N2O4S. The van der Waals surface area contributed by atoms with Crippen LogP contribution in [-0.4, -0.2) is 25.4 Å². The van der Waals surface area contributed by atoms with E-state index in [1.165, 1.54) is 16.9 Å². The molecule has 4 aromatic rings. The lowest BCUT2D eigenvalue weighted by Crippen LogP contribution is -2.38. The zero-order valence-electron chi connectivity index (χ0n) is 22.2. The molecule has 6 nitrogen and oxygen atoms in total. The molecule has 204 valence electrons. The molecule has 0 N–H and O–H groups in total. The second-order valence-corrected chi connectivity index (χ2v) is 12.2. The van der Waals surface area contributed by atoms with Crippen LogP contribution in [0, 0.1) is 0 Å². The summed E-state index contributed by atoms with van der Waals surface area (Å²) >= 11 is 8.62. The summed E-state index contributed by atoms with van der Waals surface area (Å²) in [5.74, 6) is 2.01. The number of rotatable bonds is 6. The number of benzene rings is 3. The van der Waals surface area contributed by atoms with Gasteiger partial charge in [-0.25, -0.2) is 4.99 Å². The van der Waals surface area contributed by atoms with Gasteiger partial charge in [0.25, 0.3) is 5.56 Å². The van der Waals surface area contributed by atoms with Crippen LogP contribution in [0.4, 0.5) is 0 Å². The molecule has 0 amide bonds. The third-order valence-electron chi connectivity index (χ3n) is 7.20. The van der Waals surface area contributed by atoms with E-state index in [1.807, 2.05) is 54.0 Å². The Kier molecular flexibility index (Phi) is 7.46. The number of nitrogens with zero attached hydrogens (tertiary/aromatic N) is 2. The van der Waals surface area contributed by atoms with Crippen molar-refractivity contribution < 1.29 is 14.2 Å². The van der Waals surface area contributed by atoms with Gasteiger partial charge in [0.2, 0.25) is 0 Å². The minimum Gasteiger partial charge on any atom is -0.493 e. The number of aryl methyl sites for hydroxylation is 1. The lowest BCUT2D eigenvalue weighted by Gasteiger charge is -2.31. The van der Waals surface area contributed by atoms with Crippen LogP contribution in [0.15, 0.2) is 78.9 Å². The van der Waals surface area contributed by atoms with E-state index in [0.717, 1.165) is 55.5 Å². The maximum Gasteiger partial charge on any atom is 0.271 e. The number of thiazole rings is 1. The quantitative estimate of drug-likeness (QED) is 0.241. The number of halogens is 2. The number of aromatic nitrogens is 1. The summed E-state index contributed by atoms with van der Waals surface area (Å²) in [5, 5.41) is 0. The Morgan fingerprint density at radius 2 is 1.77 bits per heavy atom. The first-order valence-corrected chi connectivity index (χ1v) is 15.3. The topological polar surface area (TPSA) is 62.0 Å². The van der Waals surface area contributed by atoms with E-state index < -0.39 is 0 Å². The molecule has 0 radical (unpaired) electrons. The van der Waals surface area contributed by atoms with E-state index in [1.54, 1.807) is 14.2 Å². The fourth-order valence-corrected chi connectivity index (χ4v) is 7.89. The van der Waals surface area contributed by atoms with Gasteiger partial charge in [-0.15, -0.1) is 0 Å². The number of hydrogen-bond donors (Lipinski definition) is 0. The van der Waals surface area contributed by atoms with E-state index in [-0.39, 0.29) is 11.6 Å². The van der Waals surface area contributed by atoms with E-state index in [4.69, 9.17) is 19.2 Å². The molecule has 1 atom stereocenters. The third kappa shape index (κ3) is 4.63. The number of methoxy groups -OCH3 is 2. The average Bonchev–Trinajstić information content (AvgIpc) is 3.27. The van der Waals surface area contributed by atoms with Gasteiger partial charge in [0.15, 0.2) is 16.3 Å². The lowest BCUT2D eigenvalue weighted by atomic mass is 9.83. The SMILES string of the molecule is CCOc1c(Br)cc(/C=c2\sc3n(c2=O)[C@@H](c2ccc(OC)c(OC)c2)C2=C(N=3)c3ccccc3CC2)cc1Br. The van der Waals surface area contributed by atoms with E-state index in [9.17, 15) is 4.79 Å². The zero-order chi connectivity index (χ0) is 28.0. The molecule has 1 aliphatic carbocycles. The highest BCUT2D eigenvalue weighted by Gasteiger charge is 2.33. The maximum absolute atomic E-state index is 14.1. The normalized spacial score (nSPS) is 16.1. The first-order chi connectivity index (χ1) is 19.4. The van der Waals surface area contributed by atoms with Gasteiger partial charge in [0, 0.05) is 5.56 Å². The fraction of sp³-hybridized carbons (Fsp3) is 0.226. The Morgan fingerprint density at radius 3 is 2.50 bits per heavy atom. The molecule has 1 aliphatic heterocycles. The molecule has 9 heteroatoms. The second kappa shape index (κ2) is 11.0. The van der Waals surface area contributed by atoms with E-state index in [2.05, 4.69) is 50.1 Å². The molecule has 40 heavy (non-hydrogen) atoms. The van der Waals surface area contributed by atoms with Crippen LogP contribution in [0.25, 0.3) is 11.8 Å². The van der Waals surface area contributed by atoms with Crippen LogP contribution in [0.2, 0.25) is 0 Å². The Balaban J connectivity index is 1.58. The van der Waals surface area contributed by atoms with Crippen LogP contribution >= 0.6 is 43.2 Å². The van der Waals surface area contributed by atoms with Crippen molar-refractivity contribution in [2.75, 3.05) is 20.8 Å². The van der Waals surface area contributed by atoms with Gasteiger partial charge < -0.3 is 14.2 Å². The Bertz CT molecular complexity index is 1830. The van der Waals surface area contributed by atoms with E-state index in [0.29, 0.717) is 27.4 Å². The molecule has 1 aromatic heterocycles. The third-order valence-corrected chi connectivity index (χ3v) is 9.36. The molecule has 2 heterocycles. The van der Waals surface area contributed by atoms with Gasteiger partial charge in [-0.1, -0.05) is 41.7 Å². The van der Waals surface area contributed by atoms with Gasteiger partial charge in [0.05, 0.1) is 46.0 Å². The summed E-state index contributed by atoms with van der Waals surface area (Å²) in [6.45, 7) is 2.50. The van der Waals surface area contributed by atoms with Gasteiger partial charge in [-0.05, 0) is 104 Å². The van der Waals surface area contributed by atoms with Crippen molar-refractivity contribution in [3.05, 3.63) is 111 Å². The van der Waals surface area contributed by atoms with Crippen LogP contribution in [-0.2, 0) is 6.42 Å². The van der Waals surface area contributed by atoms with Crippen molar-refractivity contribution in [1.82, 2.24) is 4.57 Å². The molecule has 6 rings (SSSR count). The van der Waals surface area contributed by atoms with Crippen molar-refractivity contribution in [3.63, 3.8) is 0 Å². The second-order valence-electron chi connectivity index (χ2n) is 9.47. The minimum absolute atomic E-state index is 0.0740. The number of hydrogen-bond acceptors (Lipinski definition) is 6. The highest BCUT2D eigenvalue weighted by atomic mass is 79.9. The summed E-state index contributed by atoms with van der Waals surface area (Å²) < 4.78 is 20.9. The van der Waals surface area contributed by atoms with Crippen molar-refractivity contribution in [3.8, 4) is 17.2 Å². The Hall–Kier alpha value is -3.14. The smallest absolute Gasteiger partial charge is 0.271 e. The highest BCUT2D eigenvalue weighted by Crippen LogP contribution is 2.43. The first kappa shape index (κ1) is 27.1. The largest absolute Gasteiger partial charge is 0.493 e. The summed E-state index contributed by atoms with van der Waals surface area (Å²) in [6, 6.07) is 17.9. The maximum atomic E-state index is 14.1. The summed E-state index contributed by atoms with van der Waals surface area (Å²) in [5.41, 5.74) is 6.26. The molecule has 0 saturated carbocycles. The molecule has 0 fully saturated rings. The van der Waals surface area contributed by atoms with Crippen molar-refractivity contribution >= 4 is 55.0 Å². The lowest BCUT2D eigenvalue weighted by molar-refractivity contribution is 0.336. The van der Waals surface area contributed by atoms with Crippen LogP contribution in [0.1, 0.15) is 41.6 Å². The Morgan fingerprint density at radius 1 is 1.02 bits per heavy atom. The van der Waals surface area contributed by atoms with Gasteiger partial charge in [-0.3, -0.25) is 9.36 Å². The molecule has 0 unspecified atom stereocenters.